The molecule has 6 nitrogen and oxygen atoms in total. The smallest absolute Gasteiger partial charge is 0.258 e. The molecule has 1 aromatic rings. The van der Waals surface area contributed by atoms with Crippen molar-refractivity contribution in [2.24, 2.45) is 0 Å². The number of aliphatic hydroxyl groups is 1. The van der Waals surface area contributed by atoms with E-state index < -0.39 is 0 Å². The normalized spacial score (nSPS) is 14.5. The number of anilines is 2. The number of amides is 1. The lowest BCUT2D eigenvalue weighted by atomic mass is 10.2. The predicted octanol–water partition coefficient (Wildman–Crippen LogP) is 0.802. The summed E-state index contributed by atoms with van der Waals surface area (Å²) in [6.45, 7) is 0.882. The van der Waals surface area contributed by atoms with Gasteiger partial charge in [0.15, 0.2) is 5.82 Å². The first-order valence-electron chi connectivity index (χ1n) is 6.13. The standard InChI is InChI=1S/C11H18N4O2S/c12-9-8(10(17)14-7-3-4-7)11(18-15-9)13-5-1-2-6-16/h7,13,16H,1-6H2,(H2,12,15)(H,14,17). The summed E-state index contributed by atoms with van der Waals surface area (Å²) in [6, 6.07) is 0.305. The maximum absolute atomic E-state index is 12.0. The predicted molar refractivity (Wildman–Crippen MR) is 71.8 cm³/mol. The molecule has 0 bridgehead atoms. The van der Waals surface area contributed by atoms with Gasteiger partial charge in [-0.3, -0.25) is 4.79 Å². The van der Waals surface area contributed by atoms with Crippen molar-refractivity contribution in [2.75, 3.05) is 24.2 Å². The largest absolute Gasteiger partial charge is 0.396 e. The van der Waals surface area contributed by atoms with Gasteiger partial charge in [0.2, 0.25) is 0 Å². The molecule has 5 N–H and O–H groups in total. The molecule has 1 heterocycles. The molecule has 2 rings (SSSR count). The van der Waals surface area contributed by atoms with E-state index in [1.54, 1.807) is 0 Å². The Morgan fingerprint density at radius 3 is 2.94 bits per heavy atom. The van der Waals surface area contributed by atoms with Gasteiger partial charge in [0.05, 0.1) is 0 Å². The lowest BCUT2D eigenvalue weighted by molar-refractivity contribution is 0.0953. The Bertz CT molecular complexity index is 417. The number of nitrogens with two attached hydrogens (primary N) is 1. The number of carbonyl (C=O) groups is 1. The van der Waals surface area contributed by atoms with Gasteiger partial charge in [-0.05, 0) is 37.2 Å². The lowest BCUT2D eigenvalue weighted by Gasteiger charge is -2.07. The molecule has 1 aromatic heterocycles. The minimum absolute atomic E-state index is 0.145. The molecule has 100 valence electrons. The van der Waals surface area contributed by atoms with Crippen molar-refractivity contribution in [3.63, 3.8) is 0 Å². The number of nitrogens with one attached hydrogen (secondary N) is 2. The summed E-state index contributed by atoms with van der Waals surface area (Å²) >= 11 is 1.20. The highest BCUT2D eigenvalue weighted by molar-refractivity contribution is 7.11. The van der Waals surface area contributed by atoms with Crippen LogP contribution < -0.4 is 16.4 Å². The van der Waals surface area contributed by atoms with E-state index >= 15 is 0 Å². The number of unbranched alkanes of at least 4 members (excludes halogenated alkanes) is 1. The van der Waals surface area contributed by atoms with Crippen molar-refractivity contribution in [1.29, 1.82) is 0 Å². The van der Waals surface area contributed by atoms with E-state index in [2.05, 4.69) is 15.0 Å². The second kappa shape index (κ2) is 6.01. The molecular formula is C11H18N4O2S. The molecule has 0 radical (unpaired) electrons. The maximum Gasteiger partial charge on any atom is 0.258 e. The number of carbonyl (C=O) groups excluding carboxylic acids is 1. The summed E-state index contributed by atoms with van der Waals surface area (Å²) in [5.41, 5.74) is 6.18. The van der Waals surface area contributed by atoms with Crippen LogP contribution in [-0.4, -0.2) is 34.6 Å². The quantitative estimate of drug-likeness (QED) is 0.549. The molecule has 0 atom stereocenters. The van der Waals surface area contributed by atoms with Gasteiger partial charge < -0.3 is 21.5 Å². The van der Waals surface area contributed by atoms with Crippen LogP contribution >= 0.6 is 11.5 Å². The number of rotatable bonds is 7. The van der Waals surface area contributed by atoms with E-state index in [1.165, 1.54) is 11.5 Å². The van der Waals surface area contributed by atoms with Gasteiger partial charge in [-0.1, -0.05) is 0 Å². The lowest BCUT2D eigenvalue weighted by Crippen LogP contribution is -2.26. The van der Waals surface area contributed by atoms with Gasteiger partial charge in [0, 0.05) is 19.2 Å². The number of hydrogen-bond donors (Lipinski definition) is 4. The van der Waals surface area contributed by atoms with Crippen LogP contribution in [-0.2, 0) is 0 Å². The van der Waals surface area contributed by atoms with Crippen LogP contribution in [0.2, 0.25) is 0 Å². The first-order valence-corrected chi connectivity index (χ1v) is 6.90. The molecule has 1 aliphatic rings. The number of nitrogens with zero attached hydrogens (tertiary/aromatic N) is 1. The topological polar surface area (TPSA) is 100 Å². The Morgan fingerprint density at radius 1 is 1.50 bits per heavy atom. The summed E-state index contributed by atoms with van der Waals surface area (Å²) in [4.78, 5) is 12.0. The molecule has 1 saturated carbocycles. The van der Waals surface area contributed by atoms with Crippen LogP contribution in [0.4, 0.5) is 10.8 Å². The molecule has 0 aromatic carbocycles. The summed E-state index contributed by atoms with van der Waals surface area (Å²) < 4.78 is 4.01. The first kappa shape index (κ1) is 13.1. The Balaban J connectivity index is 1.94. The van der Waals surface area contributed by atoms with Gasteiger partial charge in [-0.25, -0.2) is 0 Å². The summed E-state index contributed by atoms with van der Waals surface area (Å²) in [7, 11) is 0. The van der Waals surface area contributed by atoms with E-state index in [4.69, 9.17) is 10.8 Å². The molecule has 0 unspecified atom stereocenters. The Labute approximate surface area is 110 Å². The minimum atomic E-state index is -0.145. The molecule has 0 aliphatic heterocycles. The SMILES string of the molecule is Nc1nsc(NCCCCO)c1C(=O)NC1CC1. The van der Waals surface area contributed by atoms with Crippen molar-refractivity contribution in [3.8, 4) is 0 Å². The highest BCUT2D eigenvalue weighted by Gasteiger charge is 2.27. The van der Waals surface area contributed by atoms with E-state index in [0.717, 1.165) is 25.7 Å². The minimum Gasteiger partial charge on any atom is -0.396 e. The van der Waals surface area contributed by atoms with Crippen molar-refractivity contribution in [1.82, 2.24) is 9.69 Å². The fourth-order valence-corrected chi connectivity index (χ4v) is 2.30. The summed E-state index contributed by atoms with van der Waals surface area (Å²) in [5.74, 6) is 0.135. The molecule has 1 aliphatic carbocycles. The zero-order valence-electron chi connectivity index (χ0n) is 10.1. The second-order valence-corrected chi connectivity index (χ2v) is 5.15. The van der Waals surface area contributed by atoms with Crippen molar-refractivity contribution >= 4 is 28.3 Å². The number of hydrogen-bond acceptors (Lipinski definition) is 6. The highest BCUT2D eigenvalue weighted by atomic mass is 32.1. The fourth-order valence-electron chi connectivity index (χ4n) is 1.57. The molecule has 7 heteroatoms. The van der Waals surface area contributed by atoms with Crippen LogP contribution in [0.1, 0.15) is 36.0 Å². The molecule has 0 spiro atoms. The third-order valence-electron chi connectivity index (χ3n) is 2.73. The van der Waals surface area contributed by atoms with Crippen molar-refractivity contribution in [2.45, 2.75) is 31.7 Å². The van der Waals surface area contributed by atoms with E-state index in [1.807, 2.05) is 0 Å². The fraction of sp³-hybridized carbons (Fsp3) is 0.636. The van der Waals surface area contributed by atoms with Gasteiger partial charge in [0.25, 0.3) is 5.91 Å². The highest BCUT2D eigenvalue weighted by Crippen LogP contribution is 2.28. The zero-order chi connectivity index (χ0) is 13.0. The Morgan fingerprint density at radius 2 is 2.28 bits per heavy atom. The van der Waals surface area contributed by atoms with E-state index in [-0.39, 0.29) is 18.3 Å². The van der Waals surface area contributed by atoms with Crippen LogP contribution in [0, 0.1) is 0 Å². The maximum atomic E-state index is 12.0. The molecule has 1 fully saturated rings. The second-order valence-electron chi connectivity index (χ2n) is 4.38. The third kappa shape index (κ3) is 3.33. The van der Waals surface area contributed by atoms with Crippen molar-refractivity contribution < 1.29 is 9.90 Å². The van der Waals surface area contributed by atoms with Gasteiger partial charge in [0.1, 0.15) is 10.6 Å². The average molecular weight is 270 g/mol. The summed E-state index contributed by atoms with van der Waals surface area (Å²) in [5, 5.41) is 15.5. The third-order valence-corrected chi connectivity index (χ3v) is 3.55. The van der Waals surface area contributed by atoms with Crippen LogP contribution in [0.25, 0.3) is 0 Å². The van der Waals surface area contributed by atoms with Crippen LogP contribution in [0.15, 0.2) is 0 Å². The van der Waals surface area contributed by atoms with Gasteiger partial charge in [-0.15, -0.1) is 0 Å². The Hall–Kier alpha value is -1.34. The van der Waals surface area contributed by atoms with Gasteiger partial charge >= 0.3 is 0 Å². The average Bonchev–Trinajstić information content (AvgIpc) is 3.07. The van der Waals surface area contributed by atoms with Crippen molar-refractivity contribution in [3.05, 3.63) is 5.56 Å². The molecule has 18 heavy (non-hydrogen) atoms. The first-order chi connectivity index (χ1) is 8.72. The Kier molecular flexibility index (Phi) is 4.38. The zero-order valence-corrected chi connectivity index (χ0v) is 10.9. The molecule has 1 amide bonds. The molecular weight excluding hydrogens is 252 g/mol. The number of aromatic nitrogens is 1. The van der Waals surface area contributed by atoms with Crippen LogP contribution in [0.3, 0.4) is 0 Å². The number of nitrogen functional groups attached to an aromatic ring is 1. The van der Waals surface area contributed by atoms with Crippen LogP contribution in [0.5, 0.6) is 0 Å². The molecule has 0 saturated heterocycles. The monoisotopic (exact) mass is 270 g/mol. The number of aliphatic hydroxyl groups excluding tert-OH is 1. The van der Waals surface area contributed by atoms with E-state index in [9.17, 15) is 4.79 Å². The van der Waals surface area contributed by atoms with Gasteiger partial charge in [-0.2, -0.15) is 4.37 Å². The van der Waals surface area contributed by atoms with E-state index in [0.29, 0.717) is 23.2 Å². The summed E-state index contributed by atoms with van der Waals surface area (Å²) in [6.07, 6.45) is 3.67.